The van der Waals surface area contributed by atoms with Crippen molar-refractivity contribution in [2.24, 2.45) is 10.8 Å². The number of halogens is 1. The van der Waals surface area contributed by atoms with E-state index in [9.17, 15) is 0 Å². The molecule has 0 atom stereocenters. The van der Waals surface area contributed by atoms with E-state index in [4.69, 9.17) is 5.84 Å². The number of rotatable bonds is 2. The second kappa shape index (κ2) is 5.12. The van der Waals surface area contributed by atoms with Gasteiger partial charge in [-0.1, -0.05) is 28.1 Å². The fourth-order valence-electron chi connectivity index (χ4n) is 1.12. The van der Waals surface area contributed by atoms with Crippen LogP contribution in [0.3, 0.4) is 0 Å². The molecule has 0 heterocycles. The molecule has 0 spiro atoms. The molecule has 0 radical (unpaired) electrons. The molecule has 0 fully saturated rings. The van der Waals surface area contributed by atoms with E-state index in [1.54, 1.807) is 0 Å². The molecule has 1 rings (SSSR count). The van der Waals surface area contributed by atoms with Gasteiger partial charge in [0.25, 0.3) is 0 Å². The van der Waals surface area contributed by atoms with Crippen LogP contribution in [0.4, 0.5) is 0 Å². The van der Waals surface area contributed by atoms with Gasteiger partial charge in [0.1, 0.15) is 5.84 Å². The number of hydrazine groups is 1. The van der Waals surface area contributed by atoms with E-state index in [0.29, 0.717) is 12.4 Å². The van der Waals surface area contributed by atoms with Crippen molar-refractivity contribution < 1.29 is 0 Å². The standard InChI is InChI=1S/C10H14BrN3/c1-3-13-10(14-12)8-5-4-7(2)9(11)6-8/h4-6H,3,12H2,1-2H3,(H,13,14). The number of amidine groups is 1. The van der Waals surface area contributed by atoms with Crippen molar-refractivity contribution in [3.8, 4) is 0 Å². The van der Waals surface area contributed by atoms with Crippen LogP contribution >= 0.6 is 15.9 Å². The Hall–Kier alpha value is -0.870. The topological polar surface area (TPSA) is 50.4 Å². The molecule has 0 saturated heterocycles. The first kappa shape index (κ1) is 11.2. The van der Waals surface area contributed by atoms with Crippen molar-refractivity contribution in [1.82, 2.24) is 5.43 Å². The van der Waals surface area contributed by atoms with Crippen LogP contribution in [0.2, 0.25) is 0 Å². The zero-order valence-electron chi connectivity index (χ0n) is 8.34. The van der Waals surface area contributed by atoms with Gasteiger partial charge in [-0.15, -0.1) is 0 Å². The predicted octanol–water partition coefficient (Wildman–Crippen LogP) is 1.99. The fourth-order valence-corrected chi connectivity index (χ4v) is 1.50. The van der Waals surface area contributed by atoms with Crippen molar-refractivity contribution in [2.45, 2.75) is 13.8 Å². The minimum Gasteiger partial charge on any atom is -0.308 e. The highest BCUT2D eigenvalue weighted by molar-refractivity contribution is 9.10. The number of hydrogen-bond acceptors (Lipinski definition) is 2. The summed E-state index contributed by atoms with van der Waals surface area (Å²) in [7, 11) is 0. The second-order valence-corrected chi connectivity index (χ2v) is 3.79. The summed E-state index contributed by atoms with van der Waals surface area (Å²) in [6.45, 7) is 4.73. The summed E-state index contributed by atoms with van der Waals surface area (Å²) < 4.78 is 1.06. The van der Waals surface area contributed by atoms with Crippen LogP contribution in [0.1, 0.15) is 18.1 Å². The summed E-state index contributed by atoms with van der Waals surface area (Å²) in [6.07, 6.45) is 0. The maximum absolute atomic E-state index is 5.38. The number of benzene rings is 1. The molecule has 0 unspecified atom stereocenters. The lowest BCUT2D eigenvalue weighted by Gasteiger charge is -2.06. The van der Waals surface area contributed by atoms with Gasteiger partial charge in [0, 0.05) is 16.6 Å². The molecule has 76 valence electrons. The summed E-state index contributed by atoms with van der Waals surface area (Å²) in [5, 5.41) is 0. The van der Waals surface area contributed by atoms with E-state index in [1.807, 2.05) is 32.0 Å². The normalized spacial score (nSPS) is 11.6. The van der Waals surface area contributed by atoms with Crippen molar-refractivity contribution in [2.75, 3.05) is 6.54 Å². The van der Waals surface area contributed by atoms with Gasteiger partial charge in [0.05, 0.1) is 0 Å². The lowest BCUT2D eigenvalue weighted by molar-refractivity contribution is 0.991. The Morgan fingerprint density at radius 2 is 2.29 bits per heavy atom. The van der Waals surface area contributed by atoms with Crippen molar-refractivity contribution in [1.29, 1.82) is 0 Å². The van der Waals surface area contributed by atoms with Crippen LogP contribution in [0.25, 0.3) is 0 Å². The van der Waals surface area contributed by atoms with Gasteiger partial charge in [0.2, 0.25) is 0 Å². The maximum Gasteiger partial charge on any atom is 0.142 e. The predicted molar refractivity (Wildman–Crippen MR) is 63.3 cm³/mol. The Balaban J connectivity index is 3.06. The molecular weight excluding hydrogens is 242 g/mol. The molecule has 3 nitrogen and oxygen atoms in total. The Bertz CT molecular complexity index is 347. The van der Waals surface area contributed by atoms with Crippen LogP contribution < -0.4 is 11.3 Å². The maximum atomic E-state index is 5.38. The minimum atomic E-state index is 0.713. The van der Waals surface area contributed by atoms with Crippen molar-refractivity contribution in [3.63, 3.8) is 0 Å². The molecule has 0 amide bonds. The van der Waals surface area contributed by atoms with Crippen LogP contribution in [0, 0.1) is 6.92 Å². The number of aliphatic imine (C=N–C) groups is 1. The Labute approximate surface area is 92.5 Å². The molecule has 0 bridgehead atoms. The van der Waals surface area contributed by atoms with E-state index in [-0.39, 0.29) is 0 Å². The summed E-state index contributed by atoms with van der Waals surface area (Å²) in [5.74, 6) is 6.10. The van der Waals surface area contributed by atoms with Gasteiger partial charge in [-0.3, -0.25) is 4.99 Å². The third-order valence-electron chi connectivity index (χ3n) is 1.90. The molecule has 0 aliphatic carbocycles. The monoisotopic (exact) mass is 255 g/mol. The van der Waals surface area contributed by atoms with Gasteiger partial charge in [-0.25, -0.2) is 5.84 Å². The number of aryl methyl sites for hydroxylation is 1. The van der Waals surface area contributed by atoms with E-state index in [0.717, 1.165) is 10.0 Å². The molecule has 4 heteroatoms. The second-order valence-electron chi connectivity index (χ2n) is 2.93. The number of nitrogens with one attached hydrogen (secondary N) is 1. The highest BCUT2D eigenvalue weighted by Gasteiger charge is 2.02. The lowest BCUT2D eigenvalue weighted by Crippen LogP contribution is -2.31. The fraction of sp³-hybridized carbons (Fsp3) is 0.300. The average Bonchev–Trinajstić information content (AvgIpc) is 2.19. The lowest BCUT2D eigenvalue weighted by atomic mass is 10.1. The summed E-state index contributed by atoms with van der Waals surface area (Å²) in [6, 6.07) is 6.03. The first-order valence-electron chi connectivity index (χ1n) is 4.46. The SMILES string of the molecule is CCN=C(NN)c1ccc(C)c(Br)c1. The van der Waals surface area contributed by atoms with Crippen LogP contribution in [0.5, 0.6) is 0 Å². The van der Waals surface area contributed by atoms with Crippen LogP contribution in [-0.2, 0) is 0 Å². The number of hydrogen-bond donors (Lipinski definition) is 2. The third-order valence-corrected chi connectivity index (χ3v) is 2.75. The summed E-state index contributed by atoms with van der Waals surface area (Å²) >= 11 is 3.47. The van der Waals surface area contributed by atoms with Gasteiger partial charge < -0.3 is 5.43 Å². The molecule has 14 heavy (non-hydrogen) atoms. The molecule has 0 saturated carbocycles. The Morgan fingerprint density at radius 3 is 2.79 bits per heavy atom. The first-order chi connectivity index (χ1) is 6.69. The molecule has 3 N–H and O–H groups in total. The largest absolute Gasteiger partial charge is 0.308 e. The van der Waals surface area contributed by atoms with E-state index < -0.39 is 0 Å². The zero-order chi connectivity index (χ0) is 10.6. The van der Waals surface area contributed by atoms with Gasteiger partial charge in [-0.2, -0.15) is 0 Å². The molecule has 1 aromatic carbocycles. The van der Waals surface area contributed by atoms with Crippen molar-refractivity contribution >= 4 is 21.8 Å². The number of nitrogens with zero attached hydrogens (tertiary/aromatic N) is 1. The zero-order valence-corrected chi connectivity index (χ0v) is 9.93. The molecular formula is C10H14BrN3. The molecule has 0 aliphatic rings. The highest BCUT2D eigenvalue weighted by atomic mass is 79.9. The van der Waals surface area contributed by atoms with E-state index in [1.165, 1.54) is 5.56 Å². The van der Waals surface area contributed by atoms with Crippen molar-refractivity contribution in [3.05, 3.63) is 33.8 Å². The highest BCUT2D eigenvalue weighted by Crippen LogP contribution is 2.17. The quantitative estimate of drug-likeness (QED) is 0.368. The van der Waals surface area contributed by atoms with E-state index in [2.05, 4.69) is 26.3 Å². The van der Waals surface area contributed by atoms with Gasteiger partial charge in [-0.05, 0) is 25.5 Å². The first-order valence-corrected chi connectivity index (χ1v) is 5.26. The van der Waals surface area contributed by atoms with Crippen LogP contribution in [-0.4, -0.2) is 12.4 Å². The third kappa shape index (κ3) is 2.56. The summed E-state index contributed by atoms with van der Waals surface area (Å²) in [5.41, 5.74) is 4.78. The van der Waals surface area contributed by atoms with Gasteiger partial charge in [0.15, 0.2) is 0 Å². The Morgan fingerprint density at radius 1 is 1.57 bits per heavy atom. The van der Waals surface area contributed by atoms with Gasteiger partial charge >= 0.3 is 0 Å². The molecule has 1 aromatic rings. The Kier molecular flexibility index (Phi) is 4.10. The molecule has 0 aliphatic heterocycles. The van der Waals surface area contributed by atoms with E-state index >= 15 is 0 Å². The molecule has 0 aromatic heterocycles. The summed E-state index contributed by atoms with van der Waals surface area (Å²) in [4.78, 5) is 4.24. The smallest absolute Gasteiger partial charge is 0.142 e. The van der Waals surface area contributed by atoms with Crippen LogP contribution in [0.15, 0.2) is 27.7 Å². The number of nitrogens with two attached hydrogens (primary N) is 1. The minimum absolute atomic E-state index is 0.713. The average molecular weight is 256 g/mol.